The molecule has 0 saturated carbocycles. The van der Waals surface area contributed by atoms with E-state index in [2.05, 4.69) is 19.2 Å². The van der Waals surface area contributed by atoms with Gasteiger partial charge in [0.25, 0.3) is 5.91 Å². The average Bonchev–Trinajstić information content (AvgIpc) is 2.42. The number of hydrogen-bond acceptors (Lipinski definition) is 4. The third-order valence-electron chi connectivity index (χ3n) is 3.12. The van der Waals surface area contributed by atoms with Crippen molar-refractivity contribution in [1.82, 2.24) is 5.32 Å². The van der Waals surface area contributed by atoms with E-state index in [0.29, 0.717) is 17.7 Å². The fourth-order valence-corrected chi connectivity index (χ4v) is 1.92. The van der Waals surface area contributed by atoms with Crippen LogP contribution in [0.4, 0.5) is 0 Å². The number of carbonyl (C=O) groups excluding carboxylic acids is 1. The van der Waals surface area contributed by atoms with Crippen molar-refractivity contribution in [3.05, 3.63) is 29.8 Å². The van der Waals surface area contributed by atoms with Crippen molar-refractivity contribution in [2.75, 3.05) is 13.2 Å². The molecular formula is C15H24N2O3. The average molecular weight is 280 g/mol. The number of benzene rings is 1. The summed E-state index contributed by atoms with van der Waals surface area (Å²) in [6, 6.07) is 7.82. The monoisotopic (exact) mass is 280 g/mol. The van der Waals surface area contributed by atoms with Gasteiger partial charge in [0.15, 0.2) is 6.61 Å². The summed E-state index contributed by atoms with van der Waals surface area (Å²) >= 11 is 0. The zero-order valence-electron chi connectivity index (χ0n) is 12.1. The molecule has 1 aromatic rings. The highest BCUT2D eigenvalue weighted by Crippen LogP contribution is 2.13. The highest BCUT2D eigenvalue weighted by molar-refractivity contribution is 5.75. The van der Waals surface area contributed by atoms with Gasteiger partial charge in [0.1, 0.15) is 5.75 Å². The number of ether oxygens (including phenoxy) is 1. The molecule has 0 aromatic heterocycles. The van der Waals surface area contributed by atoms with Gasteiger partial charge in [0, 0.05) is 19.2 Å². The van der Waals surface area contributed by atoms with Crippen LogP contribution in [0.3, 0.4) is 0 Å². The number of nitrogens with one attached hydrogen (secondary N) is 1. The lowest BCUT2D eigenvalue weighted by atomic mass is 10.0. The van der Waals surface area contributed by atoms with E-state index in [-0.39, 0.29) is 13.2 Å². The Morgan fingerprint density at radius 3 is 2.50 bits per heavy atom. The van der Waals surface area contributed by atoms with E-state index in [1.54, 1.807) is 0 Å². The van der Waals surface area contributed by atoms with Crippen LogP contribution in [0.2, 0.25) is 0 Å². The van der Waals surface area contributed by atoms with Crippen LogP contribution in [0.5, 0.6) is 5.75 Å². The van der Waals surface area contributed by atoms with Crippen LogP contribution in [-0.2, 0) is 11.3 Å². The van der Waals surface area contributed by atoms with Gasteiger partial charge in [-0.15, -0.1) is 0 Å². The van der Waals surface area contributed by atoms with Gasteiger partial charge in [-0.2, -0.15) is 0 Å². The molecule has 0 spiro atoms. The summed E-state index contributed by atoms with van der Waals surface area (Å²) < 4.78 is 5.20. The zero-order valence-corrected chi connectivity index (χ0v) is 12.1. The minimum absolute atomic E-state index is 0.108. The van der Waals surface area contributed by atoms with Crippen LogP contribution in [-0.4, -0.2) is 30.3 Å². The maximum absolute atomic E-state index is 10.6. The largest absolute Gasteiger partial charge is 0.484 e. The highest BCUT2D eigenvalue weighted by atomic mass is 16.5. The number of hydrogen-bond donors (Lipinski definition) is 3. The fourth-order valence-electron chi connectivity index (χ4n) is 1.92. The van der Waals surface area contributed by atoms with Crippen molar-refractivity contribution in [2.24, 2.45) is 11.7 Å². The quantitative estimate of drug-likeness (QED) is 0.631. The summed E-state index contributed by atoms with van der Waals surface area (Å²) in [7, 11) is 0. The number of rotatable bonds is 9. The third kappa shape index (κ3) is 6.04. The number of nitrogens with two attached hydrogens (primary N) is 1. The Morgan fingerprint density at radius 1 is 1.35 bits per heavy atom. The Bertz CT molecular complexity index is 404. The van der Waals surface area contributed by atoms with Gasteiger partial charge in [0.05, 0.1) is 0 Å². The molecule has 20 heavy (non-hydrogen) atoms. The van der Waals surface area contributed by atoms with Crippen LogP contribution >= 0.6 is 0 Å². The van der Waals surface area contributed by atoms with E-state index < -0.39 is 5.91 Å². The van der Waals surface area contributed by atoms with E-state index in [4.69, 9.17) is 15.6 Å². The molecule has 1 aromatic carbocycles. The molecule has 0 aliphatic heterocycles. The molecule has 5 nitrogen and oxygen atoms in total. The van der Waals surface area contributed by atoms with E-state index in [1.165, 1.54) is 0 Å². The first-order valence-corrected chi connectivity index (χ1v) is 6.87. The van der Waals surface area contributed by atoms with Crippen LogP contribution < -0.4 is 15.8 Å². The molecule has 0 radical (unpaired) electrons. The summed E-state index contributed by atoms with van der Waals surface area (Å²) in [6.45, 7) is 5.08. The van der Waals surface area contributed by atoms with E-state index >= 15 is 0 Å². The topological polar surface area (TPSA) is 84.6 Å². The molecule has 112 valence electrons. The summed E-state index contributed by atoms with van der Waals surface area (Å²) in [4.78, 5) is 10.6. The molecule has 0 saturated heterocycles. The minimum Gasteiger partial charge on any atom is -0.484 e. The molecule has 5 heteroatoms. The Kier molecular flexibility index (Phi) is 7.04. The second-order valence-corrected chi connectivity index (χ2v) is 5.14. The molecule has 0 aliphatic carbocycles. The minimum atomic E-state index is -0.487. The van der Waals surface area contributed by atoms with Gasteiger partial charge < -0.3 is 20.9 Å². The second-order valence-electron chi connectivity index (χ2n) is 5.14. The van der Waals surface area contributed by atoms with Crippen molar-refractivity contribution in [1.29, 1.82) is 0 Å². The molecule has 1 atom stereocenters. The number of aliphatic hydroxyl groups excluding tert-OH is 1. The molecule has 1 unspecified atom stereocenters. The van der Waals surface area contributed by atoms with Crippen LogP contribution in [0.1, 0.15) is 25.8 Å². The lowest BCUT2D eigenvalue weighted by Crippen LogP contribution is -2.34. The number of aliphatic hydroxyl groups is 1. The second kappa shape index (κ2) is 8.55. The molecule has 0 bridgehead atoms. The highest BCUT2D eigenvalue weighted by Gasteiger charge is 2.11. The Balaban J connectivity index is 2.46. The van der Waals surface area contributed by atoms with Gasteiger partial charge in [-0.05, 0) is 30.0 Å². The Hall–Kier alpha value is -1.59. The molecule has 0 aliphatic rings. The van der Waals surface area contributed by atoms with Crippen molar-refractivity contribution in [3.63, 3.8) is 0 Å². The number of carbonyl (C=O) groups is 1. The molecule has 1 amide bonds. The van der Waals surface area contributed by atoms with E-state index in [1.807, 2.05) is 24.3 Å². The zero-order chi connectivity index (χ0) is 15.0. The Morgan fingerprint density at radius 2 is 2.00 bits per heavy atom. The lowest BCUT2D eigenvalue weighted by molar-refractivity contribution is -0.119. The summed E-state index contributed by atoms with van der Waals surface area (Å²) in [6.07, 6.45) is 0.747. The maximum atomic E-state index is 10.6. The van der Waals surface area contributed by atoms with Gasteiger partial charge in [-0.3, -0.25) is 4.79 Å². The first kappa shape index (κ1) is 16.5. The predicted octanol–water partition coefficient (Wildman–Crippen LogP) is 1.05. The van der Waals surface area contributed by atoms with Crippen molar-refractivity contribution in [2.45, 2.75) is 32.9 Å². The first-order valence-electron chi connectivity index (χ1n) is 6.87. The lowest BCUT2D eigenvalue weighted by Gasteiger charge is -2.21. The summed E-state index contributed by atoms with van der Waals surface area (Å²) in [5.41, 5.74) is 6.14. The van der Waals surface area contributed by atoms with Crippen molar-refractivity contribution in [3.8, 4) is 5.75 Å². The molecule has 0 fully saturated rings. The van der Waals surface area contributed by atoms with Crippen LogP contribution in [0.25, 0.3) is 0 Å². The van der Waals surface area contributed by atoms with E-state index in [9.17, 15) is 4.79 Å². The Labute approximate surface area is 120 Å². The summed E-state index contributed by atoms with van der Waals surface area (Å²) in [5, 5.41) is 12.5. The maximum Gasteiger partial charge on any atom is 0.255 e. The smallest absolute Gasteiger partial charge is 0.255 e. The summed E-state index contributed by atoms with van der Waals surface area (Å²) in [5.74, 6) is 0.614. The van der Waals surface area contributed by atoms with E-state index in [0.717, 1.165) is 18.5 Å². The molecule has 1 rings (SSSR count). The number of primary amides is 1. The third-order valence-corrected chi connectivity index (χ3v) is 3.12. The van der Waals surface area contributed by atoms with Gasteiger partial charge in [-0.25, -0.2) is 0 Å². The van der Waals surface area contributed by atoms with Crippen LogP contribution in [0, 0.1) is 5.92 Å². The first-order chi connectivity index (χ1) is 9.52. The van der Waals surface area contributed by atoms with Gasteiger partial charge in [0.2, 0.25) is 0 Å². The number of amides is 1. The van der Waals surface area contributed by atoms with Gasteiger partial charge in [-0.1, -0.05) is 26.0 Å². The van der Waals surface area contributed by atoms with Crippen molar-refractivity contribution >= 4 is 5.91 Å². The predicted molar refractivity (Wildman–Crippen MR) is 78.3 cm³/mol. The molecule has 0 heterocycles. The van der Waals surface area contributed by atoms with Crippen LogP contribution in [0.15, 0.2) is 24.3 Å². The normalized spacial score (nSPS) is 12.4. The SMILES string of the molecule is CC(C)C(CCO)NCc1ccc(OCC(N)=O)cc1. The van der Waals surface area contributed by atoms with Gasteiger partial charge >= 0.3 is 0 Å². The van der Waals surface area contributed by atoms with Crippen molar-refractivity contribution < 1.29 is 14.6 Å². The molecular weight excluding hydrogens is 256 g/mol. The standard InChI is InChI=1S/C15H24N2O3/c1-11(2)14(7-8-18)17-9-12-3-5-13(6-4-12)20-10-15(16)19/h3-6,11,14,17-18H,7-10H2,1-2H3,(H2,16,19). The molecule has 4 N–H and O–H groups in total. The fraction of sp³-hybridized carbons (Fsp3) is 0.533.